The van der Waals surface area contributed by atoms with E-state index in [-0.39, 0.29) is 5.92 Å². The van der Waals surface area contributed by atoms with Gasteiger partial charge in [-0.25, -0.2) is 0 Å². The Labute approximate surface area is 69.4 Å². The number of rotatable bonds is 0. The molecule has 2 aliphatic heterocycles. The Balaban J connectivity index is 2.22. The van der Waals surface area contributed by atoms with Crippen molar-refractivity contribution >= 4 is 11.9 Å². The van der Waals surface area contributed by atoms with E-state index in [1.807, 2.05) is 18.2 Å². The van der Waals surface area contributed by atoms with E-state index in [1.165, 1.54) is 0 Å². The van der Waals surface area contributed by atoms with Crippen LogP contribution in [0.5, 0.6) is 0 Å². The maximum Gasteiger partial charge on any atom is 0.117 e. The molecule has 1 atom stereocenters. The highest BCUT2D eigenvalue weighted by Crippen LogP contribution is 2.33. The van der Waals surface area contributed by atoms with Gasteiger partial charge in [0.05, 0.1) is 24.1 Å². The van der Waals surface area contributed by atoms with Crippen LogP contribution in [0, 0.1) is 5.92 Å². The fourth-order valence-corrected chi connectivity index (χ4v) is 1.58. The predicted molar refractivity (Wildman–Crippen MR) is 45.8 cm³/mol. The molecule has 1 aliphatic carbocycles. The SMILES string of the molecule is C1=CC2=NN=CC3=COC(=C1)C32. The van der Waals surface area contributed by atoms with E-state index >= 15 is 0 Å². The van der Waals surface area contributed by atoms with Crippen LogP contribution >= 0.6 is 0 Å². The summed E-state index contributed by atoms with van der Waals surface area (Å²) in [4.78, 5) is 0. The lowest BCUT2D eigenvalue weighted by Gasteiger charge is -2.16. The first-order valence-corrected chi connectivity index (χ1v) is 3.81. The van der Waals surface area contributed by atoms with Crippen LogP contribution in [0.3, 0.4) is 0 Å². The molecule has 3 nitrogen and oxygen atoms in total. The second-order valence-electron chi connectivity index (χ2n) is 2.87. The summed E-state index contributed by atoms with van der Waals surface area (Å²) >= 11 is 0. The number of ether oxygens (including phenoxy) is 1. The predicted octanol–water partition coefficient (Wildman–Crippen LogP) is 1.41. The van der Waals surface area contributed by atoms with Gasteiger partial charge in [-0.3, -0.25) is 0 Å². The van der Waals surface area contributed by atoms with E-state index in [0.717, 1.165) is 17.0 Å². The molecule has 0 N–H and O–H groups in total. The summed E-state index contributed by atoms with van der Waals surface area (Å²) in [5.74, 6) is 1.17. The topological polar surface area (TPSA) is 34.0 Å². The van der Waals surface area contributed by atoms with E-state index in [2.05, 4.69) is 10.2 Å². The molecule has 0 aromatic carbocycles. The Hall–Kier alpha value is -1.64. The molecule has 0 saturated carbocycles. The van der Waals surface area contributed by atoms with Crippen LogP contribution in [0.15, 0.2) is 46.0 Å². The summed E-state index contributed by atoms with van der Waals surface area (Å²) in [6, 6.07) is 0. The molecule has 3 aliphatic rings. The van der Waals surface area contributed by atoms with Crippen LogP contribution in [0.1, 0.15) is 0 Å². The highest BCUT2D eigenvalue weighted by atomic mass is 16.5. The van der Waals surface area contributed by atoms with E-state index in [1.54, 1.807) is 12.5 Å². The van der Waals surface area contributed by atoms with Gasteiger partial charge >= 0.3 is 0 Å². The van der Waals surface area contributed by atoms with Crippen molar-refractivity contribution < 1.29 is 4.74 Å². The van der Waals surface area contributed by atoms with Crippen molar-refractivity contribution in [2.45, 2.75) is 0 Å². The highest BCUT2D eigenvalue weighted by molar-refractivity contribution is 6.08. The molecular weight excluding hydrogens is 152 g/mol. The molecule has 0 aromatic heterocycles. The lowest BCUT2D eigenvalue weighted by molar-refractivity contribution is 0.357. The van der Waals surface area contributed by atoms with Gasteiger partial charge in [0, 0.05) is 5.57 Å². The summed E-state index contributed by atoms with van der Waals surface area (Å²) < 4.78 is 5.35. The molecule has 58 valence electrons. The quantitative estimate of drug-likeness (QED) is 0.524. The summed E-state index contributed by atoms with van der Waals surface area (Å²) in [6.07, 6.45) is 9.34. The Morgan fingerprint density at radius 2 is 2.42 bits per heavy atom. The van der Waals surface area contributed by atoms with Crippen molar-refractivity contribution in [3.8, 4) is 0 Å². The standard InChI is InChI=1S/C9H6N2O/c1-2-7-9-6(4-10-11-7)5-12-8(9)3-1/h1-5,9H. The maximum absolute atomic E-state index is 5.35. The molecule has 0 bridgehead atoms. The van der Waals surface area contributed by atoms with Crippen molar-refractivity contribution in [3.05, 3.63) is 35.8 Å². The second-order valence-corrected chi connectivity index (χ2v) is 2.87. The molecule has 0 radical (unpaired) electrons. The molecule has 12 heavy (non-hydrogen) atoms. The average Bonchev–Trinajstić information content (AvgIpc) is 2.52. The Bertz CT molecular complexity index is 385. The van der Waals surface area contributed by atoms with Gasteiger partial charge in [-0.1, -0.05) is 6.08 Å². The van der Waals surface area contributed by atoms with Gasteiger partial charge in [-0.15, -0.1) is 0 Å². The Morgan fingerprint density at radius 1 is 1.42 bits per heavy atom. The van der Waals surface area contributed by atoms with Gasteiger partial charge in [0.1, 0.15) is 5.76 Å². The smallest absolute Gasteiger partial charge is 0.117 e. The third-order valence-electron chi connectivity index (χ3n) is 2.15. The van der Waals surface area contributed by atoms with Gasteiger partial charge < -0.3 is 4.74 Å². The number of hydrogen-bond acceptors (Lipinski definition) is 3. The van der Waals surface area contributed by atoms with Crippen LogP contribution < -0.4 is 0 Å². The molecule has 3 heteroatoms. The van der Waals surface area contributed by atoms with Crippen molar-refractivity contribution in [1.82, 2.24) is 0 Å². The maximum atomic E-state index is 5.35. The molecule has 1 unspecified atom stereocenters. The van der Waals surface area contributed by atoms with E-state index < -0.39 is 0 Å². The fraction of sp³-hybridized carbons (Fsp3) is 0.111. The fourth-order valence-electron chi connectivity index (χ4n) is 1.58. The van der Waals surface area contributed by atoms with Gasteiger partial charge in [0.2, 0.25) is 0 Å². The minimum atomic E-state index is 0.215. The van der Waals surface area contributed by atoms with Crippen molar-refractivity contribution in [2.75, 3.05) is 0 Å². The molecule has 0 amide bonds. The summed E-state index contributed by atoms with van der Waals surface area (Å²) in [6.45, 7) is 0. The minimum Gasteiger partial charge on any atom is -0.468 e. The van der Waals surface area contributed by atoms with Crippen molar-refractivity contribution in [3.63, 3.8) is 0 Å². The zero-order valence-electron chi connectivity index (χ0n) is 6.27. The van der Waals surface area contributed by atoms with Crippen molar-refractivity contribution in [1.29, 1.82) is 0 Å². The highest BCUT2D eigenvalue weighted by Gasteiger charge is 2.32. The number of hydrogen-bond donors (Lipinski definition) is 0. The molecule has 0 aromatic rings. The molecule has 0 fully saturated rings. The summed E-state index contributed by atoms with van der Waals surface area (Å²) in [7, 11) is 0. The lowest BCUT2D eigenvalue weighted by Crippen LogP contribution is -2.19. The van der Waals surface area contributed by atoms with E-state index in [9.17, 15) is 0 Å². The molecule has 3 rings (SSSR count). The average molecular weight is 158 g/mol. The first-order chi connectivity index (χ1) is 5.95. The van der Waals surface area contributed by atoms with Crippen molar-refractivity contribution in [2.24, 2.45) is 16.1 Å². The van der Waals surface area contributed by atoms with Gasteiger partial charge in [0.25, 0.3) is 0 Å². The van der Waals surface area contributed by atoms with E-state index in [0.29, 0.717) is 0 Å². The summed E-state index contributed by atoms with van der Waals surface area (Å²) in [5, 5.41) is 7.91. The molecule has 0 spiro atoms. The minimum absolute atomic E-state index is 0.215. The Morgan fingerprint density at radius 3 is 3.42 bits per heavy atom. The monoisotopic (exact) mass is 158 g/mol. The second kappa shape index (κ2) is 1.94. The zero-order chi connectivity index (χ0) is 7.97. The third kappa shape index (κ3) is 0.605. The van der Waals surface area contributed by atoms with Crippen LogP contribution in [-0.2, 0) is 4.74 Å². The van der Waals surface area contributed by atoms with Crippen LogP contribution in [0.25, 0.3) is 0 Å². The molecule has 2 heterocycles. The Kier molecular flexibility index (Phi) is 0.961. The number of nitrogens with zero attached hydrogens (tertiary/aromatic N) is 2. The largest absolute Gasteiger partial charge is 0.468 e. The summed E-state index contributed by atoms with van der Waals surface area (Å²) in [5.41, 5.74) is 2.06. The van der Waals surface area contributed by atoms with E-state index in [4.69, 9.17) is 4.74 Å². The van der Waals surface area contributed by atoms with Gasteiger partial charge in [-0.2, -0.15) is 10.2 Å². The van der Waals surface area contributed by atoms with Crippen LogP contribution in [0.2, 0.25) is 0 Å². The van der Waals surface area contributed by atoms with Gasteiger partial charge in [-0.05, 0) is 12.2 Å². The number of allylic oxidation sites excluding steroid dienone is 4. The first kappa shape index (κ1) is 5.94. The van der Waals surface area contributed by atoms with Gasteiger partial charge in [0.15, 0.2) is 0 Å². The molecular formula is C9H6N2O. The lowest BCUT2D eigenvalue weighted by atomic mass is 9.91. The zero-order valence-corrected chi connectivity index (χ0v) is 6.27. The first-order valence-electron chi connectivity index (χ1n) is 3.81. The van der Waals surface area contributed by atoms with Crippen LogP contribution in [-0.4, -0.2) is 11.9 Å². The molecule has 0 saturated heterocycles. The normalized spacial score (nSPS) is 28.7. The van der Waals surface area contributed by atoms with Crippen LogP contribution in [0.4, 0.5) is 0 Å². The third-order valence-corrected chi connectivity index (χ3v) is 2.15.